The van der Waals surface area contributed by atoms with Gasteiger partial charge in [0.25, 0.3) is 5.95 Å². The van der Waals surface area contributed by atoms with Gasteiger partial charge in [0.2, 0.25) is 0 Å². The Balaban J connectivity index is 1.87. The van der Waals surface area contributed by atoms with Crippen LogP contribution in [-0.4, -0.2) is 21.7 Å². The van der Waals surface area contributed by atoms with Gasteiger partial charge in [0.1, 0.15) is 0 Å². The molecule has 0 unspecified atom stereocenters. The zero-order valence-electron chi connectivity index (χ0n) is 12.3. The van der Waals surface area contributed by atoms with Crippen LogP contribution in [0.25, 0.3) is 0 Å². The molecular weight excluding hydrogens is 274 g/mol. The van der Waals surface area contributed by atoms with E-state index < -0.39 is 0 Å². The van der Waals surface area contributed by atoms with Crippen molar-refractivity contribution in [2.75, 3.05) is 16.8 Å². The van der Waals surface area contributed by atoms with Crippen LogP contribution in [0, 0.1) is 0 Å². The molecular formula is C17H17N5. The van der Waals surface area contributed by atoms with E-state index in [2.05, 4.69) is 27.4 Å². The van der Waals surface area contributed by atoms with Crippen LogP contribution >= 0.6 is 0 Å². The van der Waals surface area contributed by atoms with Gasteiger partial charge in [-0.15, -0.1) is 5.10 Å². The topological polar surface area (TPSA) is 53.9 Å². The molecule has 5 heteroatoms. The van der Waals surface area contributed by atoms with Gasteiger partial charge in [0.05, 0.1) is 6.20 Å². The standard InChI is InChI=1S/C17H17N5/c1-2-22(15-11-7-4-8-12-15)17-20-16(13-18-21-17)19-14-9-5-3-6-10-14/h3-13H,2H2,1H3,(H,19,20,21). The molecule has 0 atom stereocenters. The summed E-state index contributed by atoms with van der Waals surface area (Å²) in [5.41, 5.74) is 2.01. The molecule has 3 rings (SSSR count). The number of aromatic nitrogens is 3. The molecule has 5 nitrogen and oxygen atoms in total. The number of nitrogens with one attached hydrogen (secondary N) is 1. The van der Waals surface area contributed by atoms with Crippen LogP contribution in [-0.2, 0) is 0 Å². The predicted octanol–water partition coefficient (Wildman–Crippen LogP) is 3.77. The molecule has 1 N–H and O–H groups in total. The molecule has 0 aliphatic heterocycles. The Hall–Kier alpha value is -2.95. The minimum atomic E-state index is 0.578. The van der Waals surface area contributed by atoms with E-state index in [0.29, 0.717) is 11.8 Å². The molecule has 0 saturated heterocycles. The SMILES string of the molecule is CCN(c1ccccc1)c1nncc(Nc2ccccc2)n1. The first-order valence-electron chi connectivity index (χ1n) is 7.21. The number of nitrogens with zero attached hydrogens (tertiary/aromatic N) is 4. The van der Waals surface area contributed by atoms with Crippen LogP contribution in [0.1, 0.15) is 6.92 Å². The lowest BCUT2D eigenvalue weighted by Gasteiger charge is -2.20. The van der Waals surface area contributed by atoms with Crippen molar-refractivity contribution in [1.29, 1.82) is 0 Å². The number of anilines is 4. The molecule has 1 heterocycles. The fourth-order valence-electron chi connectivity index (χ4n) is 2.19. The maximum Gasteiger partial charge on any atom is 0.251 e. The van der Waals surface area contributed by atoms with Gasteiger partial charge in [0, 0.05) is 17.9 Å². The minimum absolute atomic E-state index is 0.578. The average Bonchev–Trinajstić information content (AvgIpc) is 2.58. The summed E-state index contributed by atoms with van der Waals surface area (Å²) in [6, 6.07) is 19.9. The van der Waals surface area contributed by atoms with Crippen LogP contribution in [0.2, 0.25) is 0 Å². The normalized spacial score (nSPS) is 10.2. The first-order chi connectivity index (χ1) is 10.9. The van der Waals surface area contributed by atoms with Crippen molar-refractivity contribution in [3.05, 3.63) is 66.9 Å². The monoisotopic (exact) mass is 291 g/mol. The summed E-state index contributed by atoms with van der Waals surface area (Å²) in [7, 11) is 0. The van der Waals surface area contributed by atoms with E-state index in [1.165, 1.54) is 0 Å². The van der Waals surface area contributed by atoms with Gasteiger partial charge >= 0.3 is 0 Å². The maximum absolute atomic E-state index is 4.56. The lowest BCUT2D eigenvalue weighted by atomic mass is 10.3. The van der Waals surface area contributed by atoms with Crippen LogP contribution in [0.5, 0.6) is 0 Å². The third kappa shape index (κ3) is 3.20. The van der Waals surface area contributed by atoms with Gasteiger partial charge < -0.3 is 10.2 Å². The molecule has 0 spiro atoms. The van der Waals surface area contributed by atoms with E-state index >= 15 is 0 Å². The Morgan fingerprint density at radius 2 is 1.64 bits per heavy atom. The Kier molecular flexibility index (Phi) is 4.25. The van der Waals surface area contributed by atoms with Crippen molar-refractivity contribution in [3.63, 3.8) is 0 Å². The molecule has 22 heavy (non-hydrogen) atoms. The molecule has 0 bridgehead atoms. The van der Waals surface area contributed by atoms with E-state index in [0.717, 1.165) is 17.9 Å². The van der Waals surface area contributed by atoms with Gasteiger partial charge in [-0.3, -0.25) is 0 Å². The van der Waals surface area contributed by atoms with Crippen LogP contribution in [0.3, 0.4) is 0 Å². The first kappa shape index (κ1) is 14.0. The van der Waals surface area contributed by atoms with Crippen LogP contribution in [0.15, 0.2) is 66.9 Å². The molecule has 0 radical (unpaired) electrons. The lowest BCUT2D eigenvalue weighted by molar-refractivity contribution is 0.887. The minimum Gasteiger partial charge on any atom is -0.339 e. The van der Waals surface area contributed by atoms with Gasteiger partial charge in [-0.1, -0.05) is 36.4 Å². The molecule has 0 fully saturated rings. The summed E-state index contributed by atoms with van der Waals surface area (Å²) in [5.74, 6) is 1.25. The molecule has 3 aromatic rings. The summed E-state index contributed by atoms with van der Waals surface area (Å²) >= 11 is 0. The third-order valence-corrected chi connectivity index (χ3v) is 3.22. The van der Waals surface area contributed by atoms with Gasteiger partial charge in [0.15, 0.2) is 5.82 Å². The van der Waals surface area contributed by atoms with Gasteiger partial charge in [-0.25, -0.2) is 0 Å². The van der Waals surface area contributed by atoms with Crippen molar-refractivity contribution >= 4 is 23.1 Å². The Bertz CT molecular complexity index is 715. The highest BCUT2D eigenvalue weighted by Crippen LogP contribution is 2.22. The zero-order valence-corrected chi connectivity index (χ0v) is 12.3. The predicted molar refractivity (Wildman–Crippen MR) is 88.7 cm³/mol. The van der Waals surface area contributed by atoms with E-state index in [4.69, 9.17) is 0 Å². The second-order valence-corrected chi connectivity index (χ2v) is 4.71. The number of para-hydroxylation sites is 2. The highest BCUT2D eigenvalue weighted by molar-refractivity contribution is 5.60. The second kappa shape index (κ2) is 6.67. The third-order valence-electron chi connectivity index (χ3n) is 3.22. The summed E-state index contributed by atoms with van der Waals surface area (Å²) in [6.07, 6.45) is 1.62. The largest absolute Gasteiger partial charge is 0.339 e. The first-order valence-corrected chi connectivity index (χ1v) is 7.21. The number of rotatable bonds is 5. The molecule has 110 valence electrons. The molecule has 1 aromatic heterocycles. The van der Waals surface area contributed by atoms with Gasteiger partial charge in [-0.05, 0) is 31.2 Å². The highest BCUT2D eigenvalue weighted by Gasteiger charge is 2.11. The summed E-state index contributed by atoms with van der Waals surface area (Å²) in [5, 5.41) is 11.4. The summed E-state index contributed by atoms with van der Waals surface area (Å²) in [4.78, 5) is 6.57. The molecule has 0 aliphatic carbocycles. The Morgan fingerprint density at radius 3 is 2.32 bits per heavy atom. The Morgan fingerprint density at radius 1 is 0.955 bits per heavy atom. The van der Waals surface area contributed by atoms with E-state index in [9.17, 15) is 0 Å². The van der Waals surface area contributed by atoms with E-state index in [1.807, 2.05) is 65.6 Å². The van der Waals surface area contributed by atoms with Gasteiger partial charge in [-0.2, -0.15) is 10.1 Å². The highest BCUT2D eigenvalue weighted by atomic mass is 15.3. The average molecular weight is 291 g/mol. The van der Waals surface area contributed by atoms with Crippen LogP contribution in [0.4, 0.5) is 23.1 Å². The summed E-state index contributed by atoms with van der Waals surface area (Å²) in [6.45, 7) is 2.83. The summed E-state index contributed by atoms with van der Waals surface area (Å²) < 4.78 is 0. The lowest BCUT2D eigenvalue weighted by Crippen LogP contribution is -2.19. The number of benzene rings is 2. The fourth-order valence-corrected chi connectivity index (χ4v) is 2.19. The Labute approximate surface area is 129 Å². The molecule has 2 aromatic carbocycles. The van der Waals surface area contributed by atoms with Crippen molar-refractivity contribution in [2.45, 2.75) is 6.92 Å². The second-order valence-electron chi connectivity index (χ2n) is 4.71. The molecule has 0 saturated carbocycles. The van der Waals surface area contributed by atoms with Crippen molar-refractivity contribution in [3.8, 4) is 0 Å². The van der Waals surface area contributed by atoms with E-state index in [-0.39, 0.29) is 0 Å². The fraction of sp³-hybridized carbons (Fsp3) is 0.118. The van der Waals surface area contributed by atoms with E-state index in [1.54, 1.807) is 6.20 Å². The smallest absolute Gasteiger partial charge is 0.251 e. The zero-order chi connectivity index (χ0) is 15.2. The number of hydrogen-bond donors (Lipinski definition) is 1. The van der Waals surface area contributed by atoms with Crippen molar-refractivity contribution in [2.24, 2.45) is 0 Å². The van der Waals surface area contributed by atoms with Crippen molar-refractivity contribution in [1.82, 2.24) is 15.2 Å². The molecule has 0 amide bonds. The van der Waals surface area contributed by atoms with Crippen LogP contribution < -0.4 is 10.2 Å². The quantitative estimate of drug-likeness (QED) is 0.775. The number of hydrogen-bond acceptors (Lipinski definition) is 5. The molecule has 0 aliphatic rings. The maximum atomic E-state index is 4.56. The van der Waals surface area contributed by atoms with Crippen molar-refractivity contribution < 1.29 is 0 Å².